The van der Waals surface area contributed by atoms with Gasteiger partial charge in [0, 0.05) is 15.2 Å². The van der Waals surface area contributed by atoms with Gasteiger partial charge in [0.1, 0.15) is 0 Å². The zero-order valence-electron chi connectivity index (χ0n) is 11.4. The van der Waals surface area contributed by atoms with Gasteiger partial charge in [0.15, 0.2) is 0 Å². The van der Waals surface area contributed by atoms with E-state index in [0.29, 0.717) is 26.4 Å². The molecule has 0 bridgehead atoms. The molecule has 0 aliphatic rings. The zero-order valence-corrected chi connectivity index (χ0v) is 14.6. The van der Waals surface area contributed by atoms with Crippen molar-refractivity contribution >= 4 is 48.9 Å². The highest BCUT2D eigenvalue weighted by molar-refractivity contribution is 9.10. The molecule has 0 spiro atoms. The number of anilines is 2. The average molecular weight is 390 g/mol. The predicted molar refractivity (Wildman–Crippen MR) is 90.3 cm³/mol. The topological polar surface area (TPSA) is 72.2 Å². The van der Waals surface area contributed by atoms with Gasteiger partial charge in [-0.25, -0.2) is 8.42 Å². The van der Waals surface area contributed by atoms with Crippen LogP contribution in [0.2, 0.25) is 5.02 Å². The van der Waals surface area contributed by atoms with Gasteiger partial charge < -0.3 is 5.73 Å². The van der Waals surface area contributed by atoms with E-state index >= 15 is 0 Å². The third-order valence-electron chi connectivity index (χ3n) is 3.04. The Kier molecular flexibility index (Phi) is 4.51. The van der Waals surface area contributed by atoms with E-state index in [1.54, 1.807) is 25.1 Å². The molecule has 0 unspecified atom stereocenters. The monoisotopic (exact) mass is 388 g/mol. The van der Waals surface area contributed by atoms with Crippen molar-refractivity contribution in [1.82, 2.24) is 0 Å². The summed E-state index contributed by atoms with van der Waals surface area (Å²) >= 11 is 9.36. The minimum atomic E-state index is -3.70. The Labute approximate surface area is 137 Å². The number of nitrogen functional groups attached to an aromatic ring is 1. The van der Waals surface area contributed by atoms with Gasteiger partial charge in [-0.1, -0.05) is 11.6 Å². The minimum Gasteiger partial charge on any atom is -0.399 e. The number of sulfonamides is 1. The lowest BCUT2D eigenvalue weighted by Gasteiger charge is -2.12. The van der Waals surface area contributed by atoms with Gasteiger partial charge >= 0.3 is 0 Å². The van der Waals surface area contributed by atoms with Gasteiger partial charge in [-0.05, 0) is 71.2 Å². The van der Waals surface area contributed by atoms with Gasteiger partial charge in [-0.3, -0.25) is 4.72 Å². The van der Waals surface area contributed by atoms with E-state index in [1.807, 2.05) is 6.92 Å². The number of rotatable bonds is 3. The molecular formula is C14H14BrClN2O2S. The molecule has 2 aromatic carbocycles. The van der Waals surface area contributed by atoms with Crippen molar-refractivity contribution in [2.24, 2.45) is 0 Å². The number of hydrogen-bond donors (Lipinski definition) is 2. The van der Waals surface area contributed by atoms with Crippen LogP contribution in [0.25, 0.3) is 0 Å². The molecule has 112 valence electrons. The van der Waals surface area contributed by atoms with Crippen LogP contribution in [0.15, 0.2) is 39.7 Å². The van der Waals surface area contributed by atoms with E-state index in [9.17, 15) is 8.42 Å². The molecule has 0 heterocycles. The van der Waals surface area contributed by atoms with E-state index in [0.717, 1.165) is 5.56 Å². The maximum atomic E-state index is 12.4. The molecule has 0 fully saturated rings. The van der Waals surface area contributed by atoms with Gasteiger partial charge in [-0.2, -0.15) is 0 Å². The molecule has 3 N–H and O–H groups in total. The largest absolute Gasteiger partial charge is 0.399 e. The molecule has 2 rings (SSSR count). The summed E-state index contributed by atoms with van der Waals surface area (Å²) in [7, 11) is -3.70. The van der Waals surface area contributed by atoms with Crippen molar-refractivity contribution in [1.29, 1.82) is 0 Å². The number of nitrogens with two attached hydrogens (primary N) is 1. The van der Waals surface area contributed by atoms with Gasteiger partial charge in [0.2, 0.25) is 0 Å². The highest BCUT2D eigenvalue weighted by Gasteiger charge is 2.17. The summed E-state index contributed by atoms with van der Waals surface area (Å²) in [6.07, 6.45) is 0. The maximum Gasteiger partial charge on any atom is 0.261 e. The molecular weight excluding hydrogens is 376 g/mol. The fraction of sp³-hybridized carbons (Fsp3) is 0.143. The summed E-state index contributed by atoms with van der Waals surface area (Å²) in [5.41, 5.74) is 8.21. The lowest BCUT2D eigenvalue weighted by Crippen LogP contribution is -2.14. The van der Waals surface area contributed by atoms with E-state index in [2.05, 4.69) is 20.7 Å². The minimum absolute atomic E-state index is 0.151. The fourth-order valence-electron chi connectivity index (χ4n) is 1.74. The Hall–Kier alpha value is -1.24. The average Bonchev–Trinajstić information content (AvgIpc) is 2.39. The summed E-state index contributed by atoms with van der Waals surface area (Å²) in [4.78, 5) is 0.151. The van der Waals surface area contributed by atoms with Crippen LogP contribution in [0, 0.1) is 13.8 Å². The summed E-state index contributed by atoms with van der Waals surface area (Å²) in [5.74, 6) is 0. The van der Waals surface area contributed by atoms with Crippen LogP contribution in [0.4, 0.5) is 11.4 Å². The predicted octanol–water partition coefficient (Wildman–Crippen LogP) is 4.10. The molecule has 0 aliphatic heterocycles. The first kappa shape index (κ1) is 16.1. The first-order valence-electron chi connectivity index (χ1n) is 6.05. The number of benzene rings is 2. The Morgan fingerprint density at radius 3 is 2.43 bits per heavy atom. The lowest BCUT2D eigenvalue weighted by molar-refractivity contribution is 0.601. The number of halogens is 2. The molecule has 0 aromatic heterocycles. The van der Waals surface area contributed by atoms with Gasteiger partial charge in [0.05, 0.1) is 10.6 Å². The van der Waals surface area contributed by atoms with Crippen LogP contribution in [0.3, 0.4) is 0 Å². The third kappa shape index (κ3) is 3.51. The van der Waals surface area contributed by atoms with Crippen molar-refractivity contribution in [3.05, 3.63) is 51.0 Å². The van der Waals surface area contributed by atoms with Crippen molar-refractivity contribution < 1.29 is 8.42 Å². The van der Waals surface area contributed by atoms with E-state index in [4.69, 9.17) is 17.3 Å². The highest BCUT2D eigenvalue weighted by atomic mass is 79.9. The highest BCUT2D eigenvalue weighted by Crippen LogP contribution is 2.31. The first-order chi connectivity index (χ1) is 9.70. The number of nitrogens with one attached hydrogen (secondary N) is 1. The molecule has 7 heteroatoms. The van der Waals surface area contributed by atoms with E-state index in [1.165, 1.54) is 12.1 Å². The molecule has 0 aliphatic carbocycles. The summed E-state index contributed by atoms with van der Waals surface area (Å²) in [5, 5.41) is 0.490. The van der Waals surface area contributed by atoms with E-state index < -0.39 is 10.0 Å². The standard InChI is InChI=1S/C14H14BrClN2O2S/c1-8-6-11(15)14(7-12(8)16)18-21(19,20)10-3-4-13(17)9(2)5-10/h3-7,18H,17H2,1-2H3. The van der Waals surface area contributed by atoms with E-state index in [-0.39, 0.29) is 4.90 Å². The number of hydrogen-bond acceptors (Lipinski definition) is 3. The second-order valence-corrected chi connectivity index (χ2v) is 7.65. The molecule has 4 nitrogen and oxygen atoms in total. The molecule has 0 radical (unpaired) electrons. The molecule has 0 atom stereocenters. The fourth-order valence-corrected chi connectivity index (χ4v) is 3.75. The molecule has 21 heavy (non-hydrogen) atoms. The summed E-state index contributed by atoms with van der Waals surface area (Å²) < 4.78 is 27.9. The second-order valence-electron chi connectivity index (χ2n) is 4.71. The Morgan fingerprint density at radius 2 is 1.81 bits per heavy atom. The Bertz CT molecular complexity index is 807. The molecule has 0 saturated carbocycles. The van der Waals surface area contributed by atoms with Gasteiger partial charge in [-0.15, -0.1) is 0 Å². The maximum absolute atomic E-state index is 12.4. The van der Waals surface area contributed by atoms with Crippen LogP contribution in [0.5, 0.6) is 0 Å². The molecule has 0 saturated heterocycles. The normalized spacial score (nSPS) is 11.4. The van der Waals surface area contributed by atoms with Crippen LogP contribution < -0.4 is 10.5 Å². The first-order valence-corrected chi connectivity index (χ1v) is 8.71. The van der Waals surface area contributed by atoms with Crippen LogP contribution in [-0.4, -0.2) is 8.42 Å². The second kappa shape index (κ2) is 5.87. The van der Waals surface area contributed by atoms with Crippen LogP contribution in [0.1, 0.15) is 11.1 Å². The molecule has 0 amide bonds. The Balaban J connectivity index is 2.42. The van der Waals surface area contributed by atoms with Crippen molar-refractivity contribution in [3.8, 4) is 0 Å². The smallest absolute Gasteiger partial charge is 0.261 e. The van der Waals surface area contributed by atoms with Crippen molar-refractivity contribution in [2.75, 3.05) is 10.5 Å². The van der Waals surface area contributed by atoms with Crippen molar-refractivity contribution in [2.45, 2.75) is 18.7 Å². The number of aryl methyl sites for hydroxylation is 2. The third-order valence-corrected chi connectivity index (χ3v) is 5.47. The van der Waals surface area contributed by atoms with Crippen LogP contribution >= 0.6 is 27.5 Å². The molecule has 2 aromatic rings. The summed E-state index contributed by atoms with van der Waals surface area (Å²) in [6, 6.07) is 7.90. The van der Waals surface area contributed by atoms with Crippen molar-refractivity contribution in [3.63, 3.8) is 0 Å². The Morgan fingerprint density at radius 1 is 1.14 bits per heavy atom. The quantitative estimate of drug-likeness (QED) is 0.776. The zero-order chi connectivity index (χ0) is 15.8. The van der Waals surface area contributed by atoms with Gasteiger partial charge in [0.25, 0.3) is 10.0 Å². The van der Waals surface area contributed by atoms with Crippen LogP contribution in [-0.2, 0) is 10.0 Å². The SMILES string of the molecule is Cc1cc(S(=O)(=O)Nc2cc(Cl)c(C)cc2Br)ccc1N. The summed E-state index contributed by atoms with van der Waals surface area (Å²) in [6.45, 7) is 3.60. The lowest BCUT2D eigenvalue weighted by atomic mass is 10.2.